The third kappa shape index (κ3) is 22.2. The lowest BCUT2D eigenvalue weighted by Gasteiger charge is -2.09. The number of benzene rings is 4. The highest BCUT2D eigenvalue weighted by molar-refractivity contribution is 5.89. The highest BCUT2D eigenvalue weighted by Gasteiger charge is 2.13. The van der Waals surface area contributed by atoms with E-state index in [1.54, 1.807) is 36.9 Å². The Morgan fingerprint density at radius 1 is 0.405 bits per heavy atom. The minimum absolute atomic E-state index is 0.106. The fraction of sp³-hybridized carbons (Fsp3) is 0.355. The quantitative estimate of drug-likeness (QED) is 0.0175. The van der Waals surface area contributed by atoms with E-state index < -0.39 is 23.6 Å². The number of rotatable bonds is 32. The van der Waals surface area contributed by atoms with Crippen molar-refractivity contribution in [3.63, 3.8) is 0 Å². The molecule has 2 aromatic heterocycles. The van der Waals surface area contributed by atoms with E-state index in [0.29, 0.717) is 24.3 Å². The Kier molecular flexibility index (Phi) is 26.0. The molecule has 0 atom stereocenters. The van der Waals surface area contributed by atoms with Crippen LogP contribution in [-0.2, 0) is 9.59 Å². The second kappa shape index (κ2) is 33.4. The number of aromatic nitrogens is 2. The summed E-state index contributed by atoms with van der Waals surface area (Å²) in [4.78, 5) is 31.3. The second-order valence-electron chi connectivity index (χ2n) is 18.1. The molecule has 0 fully saturated rings. The molecule has 4 aromatic carbocycles. The predicted molar refractivity (Wildman–Crippen MR) is 289 cm³/mol. The van der Waals surface area contributed by atoms with Gasteiger partial charge in [-0.25, -0.2) is 18.4 Å². The summed E-state index contributed by atoms with van der Waals surface area (Å²) in [7, 11) is 0. The molecule has 6 rings (SSSR count). The largest absolute Gasteiger partial charge is 0.494 e. The van der Waals surface area contributed by atoms with Gasteiger partial charge in [0.25, 0.3) is 0 Å². The molecule has 0 spiro atoms. The number of nitrogens with zero attached hydrogens (tertiary/aromatic N) is 2. The molecule has 10 nitrogen and oxygen atoms in total. The summed E-state index contributed by atoms with van der Waals surface area (Å²) in [6, 6.07) is 31.8. The molecule has 0 amide bonds. The molecule has 74 heavy (non-hydrogen) atoms. The van der Waals surface area contributed by atoms with Gasteiger partial charge in [0.2, 0.25) is 0 Å². The standard InChI is InChI=1S/C33H40FNO4.C29H32FNO4/c1-26(2)33(36)39-32-20-17-28(24-31(32)34)27-15-18-29(19-16-27)37-22-11-9-7-5-3-4-6-8-10-12-23-38-30-14-13-21-35-25-30;1-22(2)29(32)35-28-16-13-24(20-27(28)30)23-11-14-25(15-12-23)33-18-7-5-3-4-6-8-19-34-26-10-9-17-31-21-26/h13-21,24-25H,1,3-12,22-23H2,2H3;9-17,20-21H,1,3-8,18-19H2,2H3. The molecule has 0 unspecified atom stereocenters. The summed E-state index contributed by atoms with van der Waals surface area (Å²) >= 11 is 0. The van der Waals surface area contributed by atoms with E-state index in [-0.39, 0.29) is 22.6 Å². The van der Waals surface area contributed by atoms with E-state index in [9.17, 15) is 18.4 Å². The molecule has 0 radical (unpaired) electrons. The molecule has 0 N–H and O–H groups in total. The Morgan fingerprint density at radius 2 is 0.703 bits per heavy atom. The first-order chi connectivity index (χ1) is 36.0. The Morgan fingerprint density at radius 3 is 0.986 bits per heavy atom. The topological polar surface area (TPSA) is 115 Å². The maximum atomic E-state index is 14.4. The van der Waals surface area contributed by atoms with Crippen LogP contribution in [-0.4, -0.2) is 48.3 Å². The van der Waals surface area contributed by atoms with Crippen LogP contribution in [0.1, 0.15) is 117 Å². The van der Waals surface area contributed by atoms with Crippen LogP contribution >= 0.6 is 0 Å². The summed E-state index contributed by atoms with van der Waals surface area (Å²) in [6.07, 6.45) is 25.9. The van der Waals surface area contributed by atoms with Gasteiger partial charge in [-0.1, -0.05) is 127 Å². The normalized spacial score (nSPS) is 10.6. The minimum Gasteiger partial charge on any atom is -0.494 e. The summed E-state index contributed by atoms with van der Waals surface area (Å²) in [6.45, 7) is 12.9. The van der Waals surface area contributed by atoms with Crippen LogP contribution < -0.4 is 28.4 Å². The average Bonchev–Trinajstić information content (AvgIpc) is 3.41. The van der Waals surface area contributed by atoms with Crippen molar-refractivity contribution < 1.29 is 46.8 Å². The van der Waals surface area contributed by atoms with E-state index in [4.69, 9.17) is 28.4 Å². The van der Waals surface area contributed by atoms with Gasteiger partial charge >= 0.3 is 11.9 Å². The van der Waals surface area contributed by atoms with Gasteiger partial charge in [0, 0.05) is 23.5 Å². The van der Waals surface area contributed by atoms with Crippen molar-refractivity contribution in [1.82, 2.24) is 9.97 Å². The smallest absolute Gasteiger partial charge is 0.338 e. The summed E-state index contributed by atoms with van der Waals surface area (Å²) in [5.41, 5.74) is 3.53. The van der Waals surface area contributed by atoms with E-state index in [2.05, 4.69) is 23.1 Å². The van der Waals surface area contributed by atoms with Crippen LogP contribution in [0, 0.1) is 11.6 Å². The molecular weight excluding hydrogens is 939 g/mol. The summed E-state index contributed by atoms with van der Waals surface area (Å²) in [5, 5.41) is 0. The molecule has 0 aliphatic heterocycles. The fourth-order valence-corrected chi connectivity index (χ4v) is 7.54. The second-order valence-corrected chi connectivity index (χ2v) is 18.1. The van der Waals surface area contributed by atoms with Crippen molar-refractivity contribution in [2.75, 3.05) is 26.4 Å². The molecule has 392 valence electrons. The Bertz CT molecular complexity index is 2590. The van der Waals surface area contributed by atoms with Crippen LogP contribution in [0.5, 0.6) is 34.5 Å². The Balaban J connectivity index is 0.000000276. The molecule has 6 aromatic rings. The minimum atomic E-state index is -0.649. The van der Waals surface area contributed by atoms with Gasteiger partial charge in [0.1, 0.15) is 23.0 Å². The Hall–Kier alpha value is -7.34. The monoisotopic (exact) mass is 1010 g/mol. The zero-order valence-corrected chi connectivity index (χ0v) is 43.2. The van der Waals surface area contributed by atoms with Crippen molar-refractivity contribution in [1.29, 1.82) is 0 Å². The van der Waals surface area contributed by atoms with Gasteiger partial charge in [-0.05, 0) is 135 Å². The van der Waals surface area contributed by atoms with Crippen molar-refractivity contribution in [2.45, 2.75) is 117 Å². The maximum Gasteiger partial charge on any atom is 0.338 e. The summed E-state index contributed by atoms with van der Waals surface area (Å²) in [5.74, 6) is 0.561. The predicted octanol–water partition coefficient (Wildman–Crippen LogP) is 15.9. The van der Waals surface area contributed by atoms with Crippen LogP contribution in [0.3, 0.4) is 0 Å². The number of hydrogen-bond donors (Lipinski definition) is 0. The molecule has 0 aliphatic rings. The van der Waals surface area contributed by atoms with Crippen LogP contribution in [0.25, 0.3) is 22.3 Å². The maximum absolute atomic E-state index is 14.4. The van der Waals surface area contributed by atoms with E-state index in [1.165, 1.54) is 102 Å². The first kappa shape index (κ1) is 57.6. The molecule has 0 saturated heterocycles. The lowest BCUT2D eigenvalue weighted by Crippen LogP contribution is -2.09. The SMILES string of the molecule is C=C(C)C(=O)Oc1ccc(-c2ccc(OCCCCCCCCCCCCOc3cccnc3)cc2)cc1F.C=C(C)C(=O)Oc1ccc(-c2ccc(OCCCCCCCCOc3cccnc3)cc2)cc1F. The highest BCUT2D eigenvalue weighted by atomic mass is 19.1. The van der Waals surface area contributed by atoms with Crippen molar-refractivity contribution in [2.24, 2.45) is 0 Å². The van der Waals surface area contributed by atoms with E-state index in [1.807, 2.05) is 72.8 Å². The lowest BCUT2D eigenvalue weighted by molar-refractivity contribution is -0.131. The van der Waals surface area contributed by atoms with Gasteiger partial charge in [-0.3, -0.25) is 9.97 Å². The average molecular weight is 1010 g/mol. The van der Waals surface area contributed by atoms with Gasteiger partial charge in [-0.15, -0.1) is 0 Å². The third-order valence-electron chi connectivity index (χ3n) is 11.8. The first-order valence-corrected chi connectivity index (χ1v) is 25.9. The molecule has 0 aliphatic carbocycles. The number of unbranched alkanes of at least 4 members (excludes halogenated alkanes) is 14. The number of carbonyl (C=O) groups excluding carboxylic acids is 2. The molecular formula is C62H72F2N2O8. The number of hydrogen-bond acceptors (Lipinski definition) is 10. The van der Waals surface area contributed by atoms with Crippen molar-refractivity contribution >= 4 is 11.9 Å². The fourth-order valence-electron chi connectivity index (χ4n) is 7.54. The lowest BCUT2D eigenvalue weighted by atomic mass is 10.1. The van der Waals surface area contributed by atoms with Gasteiger partial charge in [-0.2, -0.15) is 0 Å². The van der Waals surface area contributed by atoms with Gasteiger partial charge in [0.15, 0.2) is 23.1 Å². The highest BCUT2D eigenvalue weighted by Crippen LogP contribution is 2.30. The first-order valence-electron chi connectivity index (χ1n) is 25.9. The molecule has 0 saturated carbocycles. The van der Waals surface area contributed by atoms with Crippen molar-refractivity contribution in [3.8, 4) is 56.8 Å². The Labute approximate surface area is 436 Å². The molecule has 0 bridgehead atoms. The van der Waals surface area contributed by atoms with Crippen LogP contribution in [0.15, 0.2) is 158 Å². The van der Waals surface area contributed by atoms with Gasteiger partial charge < -0.3 is 28.4 Å². The van der Waals surface area contributed by atoms with E-state index >= 15 is 0 Å². The number of carbonyl (C=O) groups is 2. The zero-order chi connectivity index (χ0) is 52.6. The number of esters is 2. The summed E-state index contributed by atoms with van der Waals surface area (Å²) < 4.78 is 61.7. The number of halogens is 2. The van der Waals surface area contributed by atoms with Crippen LogP contribution in [0.4, 0.5) is 8.78 Å². The third-order valence-corrected chi connectivity index (χ3v) is 11.8. The van der Waals surface area contributed by atoms with Crippen LogP contribution in [0.2, 0.25) is 0 Å². The zero-order valence-electron chi connectivity index (χ0n) is 43.2. The molecule has 12 heteroatoms. The number of ether oxygens (including phenoxy) is 6. The molecule has 2 heterocycles. The van der Waals surface area contributed by atoms with E-state index in [0.717, 1.165) is 85.9 Å². The van der Waals surface area contributed by atoms with Gasteiger partial charge in [0.05, 0.1) is 38.8 Å². The number of pyridine rings is 2. The van der Waals surface area contributed by atoms with Crippen molar-refractivity contribution in [3.05, 3.63) is 170 Å².